The summed E-state index contributed by atoms with van der Waals surface area (Å²) in [6.07, 6.45) is 2.96. The Morgan fingerprint density at radius 1 is 0.556 bits per heavy atom. The van der Waals surface area contributed by atoms with Gasteiger partial charge in [-0.05, 0) is 125 Å². The Morgan fingerprint density at radius 2 is 0.889 bits per heavy atom. The molecular weight excluding hydrogens is 677 g/mol. The number of likely N-dealkylation sites (tertiary alicyclic amines) is 2. The van der Waals surface area contributed by atoms with Crippen LogP contribution in [0, 0.1) is 0 Å². The van der Waals surface area contributed by atoms with Crippen LogP contribution in [0.25, 0.3) is 55.4 Å². The first kappa shape index (κ1) is 35.4. The lowest BCUT2D eigenvalue weighted by Crippen LogP contribution is -2.36. The Kier molecular flexibility index (Phi) is 8.95. The van der Waals surface area contributed by atoms with Crippen LogP contribution in [0.3, 0.4) is 0 Å². The van der Waals surface area contributed by atoms with Crippen LogP contribution in [-0.2, 0) is 9.47 Å². The number of hydrogen-bond donors (Lipinski definition) is 2. The van der Waals surface area contributed by atoms with Crippen molar-refractivity contribution in [3.63, 3.8) is 0 Å². The lowest BCUT2D eigenvalue weighted by atomic mass is 9.98. The van der Waals surface area contributed by atoms with E-state index >= 15 is 0 Å². The molecule has 6 aromatic rings. The number of hydrogen-bond acceptors (Lipinski definition) is 6. The zero-order valence-corrected chi connectivity index (χ0v) is 31.9. The third kappa shape index (κ3) is 7.29. The second kappa shape index (κ2) is 13.6. The molecule has 4 aromatic carbocycles. The van der Waals surface area contributed by atoms with E-state index in [2.05, 4.69) is 82.8 Å². The maximum atomic E-state index is 12.9. The molecule has 10 nitrogen and oxygen atoms in total. The minimum atomic E-state index is -0.542. The highest BCUT2D eigenvalue weighted by Crippen LogP contribution is 2.36. The highest BCUT2D eigenvalue weighted by molar-refractivity contribution is 5.84. The third-order valence-electron chi connectivity index (χ3n) is 10.2. The number of ether oxygens (including phenoxy) is 2. The van der Waals surface area contributed by atoms with Gasteiger partial charge in [0.2, 0.25) is 0 Å². The van der Waals surface area contributed by atoms with Gasteiger partial charge in [-0.1, -0.05) is 60.7 Å². The molecule has 2 N–H and O–H groups in total. The molecule has 8 rings (SSSR count). The highest BCUT2D eigenvalue weighted by Gasteiger charge is 2.36. The van der Waals surface area contributed by atoms with Crippen molar-refractivity contribution in [1.82, 2.24) is 29.7 Å². The van der Waals surface area contributed by atoms with Gasteiger partial charge in [-0.15, -0.1) is 0 Å². The van der Waals surface area contributed by atoms with Crippen molar-refractivity contribution in [2.75, 3.05) is 13.1 Å². The van der Waals surface area contributed by atoms with Gasteiger partial charge in [0, 0.05) is 13.1 Å². The number of fused-ring (bicyclic) bond motifs is 2. The molecule has 2 saturated heterocycles. The van der Waals surface area contributed by atoms with E-state index in [0.29, 0.717) is 13.1 Å². The number of amides is 2. The number of H-pyrrole nitrogens is 2. The summed E-state index contributed by atoms with van der Waals surface area (Å²) in [5.74, 6) is 1.60. The fourth-order valence-corrected chi connectivity index (χ4v) is 7.62. The number of nitrogens with one attached hydrogen (secondary N) is 2. The first-order valence-corrected chi connectivity index (χ1v) is 19.0. The van der Waals surface area contributed by atoms with E-state index in [1.54, 1.807) is 9.80 Å². The van der Waals surface area contributed by atoms with Crippen LogP contribution in [0.2, 0.25) is 0 Å². The maximum Gasteiger partial charge on any atom is 0.410 e. The molecule has 2 atom stereocenters. The number of benzene rings is 4. The third-order valence-corrected chi connectivity index (χ3v) is 10.2. The van der Waals surface area contributed by atoms with E-state index < -0.39 is 11.2 Å². The Morgan fingerprint density at radius 3 is 1.24 bits per heavy atom. The number of aromatic amines is 2. The molecule has 54 heavy (non-hydrogen) atoms. The molecule has 2 amide bonds. The molecule has 0 radical (unpaired) electrons. The Bertz CT molecular complexity index is 2160. The second-order valence-electron chi connectivity index (χ2n) is 16.5. The molecule has 2 aliphatic heterocycles. The molecule has 278 valence electrons. The van der Waals surface area contributed by atoms with Crippen LogP contribution in [-0.4, -0.2) is 66.2 Å². The summed E-state index contributed by atoms with van der Waals surface area (Å²) in [4.78, 5) is 46.1. The van der Waals surface area contributed by atoms with E-state index in [9.17, 15) is 9.59 Å². The summed E-state index contributed by atoms with van der Waals surface area (Å²) in [6.45, 7) is 12.7. The minimum Gasteiger partial charge on any atom is -0.444 e. The fourth-order valence-electron chi connectivity index (χ4n) is 7.62. The van der Waals surface area contributed by atoms with Crippen LogP contribution in [0.4, 0.5) is 9.59 Å². The molecule has 0 aliphatic carbocycles. The van der Waals surface area contributed by atoms with Crippen LogP contribution in [0.1, 0.15) is 91.0 Å². The maximum absolute atomic E-state index is 12.9. The lowest BCUT2D eigenvalue weighted by Gasteiger charge is -2.27. The van der Waals surface area contributed by atoms with Gasteiger partial charge in [-0.2, -0.15) is 0 Å². The normalized spacial score (nSPS) is 17.8. The molecule has 0 bridgehead atoms. The van der Waals surface area contributed by atoms with Gasteiger partial charge in [-0.25, -0.2) is 19.6 Å². The Labute approximate surface area is 315 Å². The van der Waals surface area contributed by atoms with Crippen molar-refractivity contribution in [3.05, 3.63) is 96.6 Å². The van der Waals surface area contributed by atoms with Crippen LogP contribution >= 0.6 is 0 Å². The molecule has 2 aliphatic rings. The van der Waals surface area contributed by atoms with Crippen LogP contribution in [0.15, 0.2) is 84.9 Å². The summed E-state index contributed by atoms with van der Waals surface area (Å²) in [6, 6.07) is 29.5. The zero-order chi connectivity index (χ0) is 37.8. The largest absolute Gasteiger partial charge is 0.444 e. The smallest absolute Gasteiger partial charge is 0.410 e. The minimum absolute atomic E-state index is 0.122. The van der Waals surface area contributed by atoms with Gasteiger partial charge in [0.25, 0.3) is 0 Å². The van der Waals surface area contributed by atoms with Crippen molar-refractivity contribution in [1.29, 1.82) is 0 Å². The van der Waals surface area contributed by atoms with Gasteiger partial charge < -0.3 is 19.4 Å². The van der Waals surface area contributed by atoms with Crippen molar-refractivity contribution < 1.29 is 19.1 Å². The quantitative estimate of drug-likeness (QED) is 0.183. The molecule has 0 spiro atoms. The van der Waals surface area contributed by atoms with Crippen molar-refractivity contribution >= 4 is 34.3 Å². The fraction of sp³-hybridized carbons (Fsp3) is 0.364. The summed E-state index contributed by atoms with van der Waals surface area (Å²) in [7, 11) is 0. The Balaban J connectivity index is 0.954. The van der Waals surface area contributed by atoms with Gasteiger partial charge in [0.15, 0.2) is 0 Å². The average Bonchev–Trinajstić information content (AvgIpc) is 3.95. The number of aromatic nitrogens is 4. The molecule has 0 saturated carbocycles. The van der Waals surface area contributed by atoms with E-state index in [0.717, 1.165) is 92.8 Å². The zero-order valence-electron chi connectivity index (χ0n) is 31.9. The predicted octanol–water partition coefficient (Wildman–Crippen LogP) is 10.6. The van der Waals surface area contributed by atoms with Crippen LogP contribution < -0.4 is 0 Å². The Hall–Kier alpha value is -5.64. The number of carbonyl (C=O) groups is 2. The van der Waals surface area contributed by atoms with Gasteiger partial charge in [0.05, 0.1) is 34.2 Å². The topological polar surface area (TPSA) is 116 Å². The number of nitrogens with zero attached hydrogens (tertiary/aromatic N) is 4. The molecule has 10 heteroatoms. The second-order valence-corrected chi connectivity index (χ2v) is 16.5. The summed E-state index contributed by atoms with van der Waals surface area (Å²) in [5, 5.41) is 0. The van der Waals surface area contributed by atoms with Crippen molar-refractivity contribution in [3.8, 4) is 33.4 Å². The van der Waals surface area contributed by atoms with Gasteiger partial charge >= 0.3 is 12.2 Å². The summed E-state index contributed by atoms with van der Waals surface area (Å²) >= 11 is 0. The summed E-state index contributed by atoms with van der Waals surface area (Å²) < 4.78 is 11.3. The molecular formula is C44H48N6O4. The SMILES string of the molecule is CC(C)(C)OC(=O)N1CCC[C@H]1c1nc2ccc(-c3ccc(-c4ccc(-c5ccc6nc([C@@H]7CCCN7C(=O)OC(C)(C)C)[nH]c6c5)cc4)cc3)cc2[nH]1. The van der Waals surface area contributed by atoms with E-state index in [4.69, 9.17) is 19.4 Å². The molecule has 2 fully saturated rings. The number of rotatable bonds is 5. The van der Waals surface area contributed by atoms with E-state index in [1.165, 1.54) is 0 Å². The van der Waals surface area contributed by atoms with Crippen LogP contribution in [0.5, 0.6) is 0 Å². The average molecular weight is 725 g/mol. The lowest BCUT2D eigenvalue weighted by molar-refractivity contribution is 0.0208. The molecule has 0 unspecified atom stereocenters. The van der Waals surface area contributed by atoms with Gasteiger partial charge in [-0.3, -0.25) is 9.80 Å². The van der Waals surface area contributed by atoms with E-state index in [1.807, 2.05) is 53.7 Å². The number of imidazole rings is 2. The van der Waals surface area contributed by atoms with Crippen molar-refractivity contribution in [2.24, 2.45) is 0 Å². The first-order valence-electron chi connectivity index (χ1n) is 19.0. The highest BCUT2D eigenvalue weighted by atomic mass is 16.6. The first-order chi connectivity index (χ1) is 25.8. The molecule has 2 aromatic heterocycles. The summed E-state index contributed by atoms with van der Waals surface area (Å²) in [5.41, 5.74) is 9.27. The monoisotopic (exact) mass is 724 g/mol. The van der Waals surface area contributed by atoms with Crippen molar-refractivity contribution in [2.45, 2.75) is 90.5 Å². The predicted molar refractivity (Wildman–Crippen MR) is 212 cm³/mol. The number of carbonyl (C=O) groups excluding carboxylic acids is 2. The van der Waals surface area contributed by atoms with E-state index in [-0.39, 0.29) is 24.3 Å². The standard InChI is InChI=1S/C44H48N6O4/c1-43(2,3)53-41(51)49-23-7-9-37(49)39-45-33-21-19-31(25-35(33)47-39)29-15-11-27(12-16-29)28-13-17-30(18-14-28)32-20-22-34-36(26-32)48-40(46-34)38-10-8-24-50(38)42(52)54-44(4,5)6/h11-22,25-26,37-38H,7-10,23-24H2,1-6H3,(H,45,47)(H,46,48)/t37-,38-/m0/s1. The van der Waals surface area contributed by atoms with Gasteiger partial charge in [0.1, 0.15) is 22.9 Å². The molecule has 4 heterocycles.